The van der Waals surface area contributed by atoms with Crippen LogP contribution in [0.4, 0.5) is 0 Å². The minimum absolute atomic E-state index is 0.123. The highest BCUT2D eigenvalue weighted by molar-refractivity contribution is 6.07. The number of nitrogens with zero attached hydrogens (tertiary/aromatic N) is 2. The summed E-state index contributed by atoms with van der Waals surface area (Å²) in [6.45, 7) is 5.01. The smallest absolute Gasteiger partial charge is 0.339 e. The molecule has 3 aromatic rings. The molecule has 8 nitrogen and oxygen atoms in total. The molecule has 36 heavy (non-hydrogen) atoms. The summed E-state index contributed by atoms with van der Waals surface area (Å²) in [6.07, 6.45) is 5.91. The number of likely N-dealkylation sites (N-methyl/N-ethyl adjacent to an activating group) is 1. The number of hydrogen-bond donors (Lipinski definition) is 1. The maximum absolute atomic E-state index is 13.4. The number of benzene rings is 1. The molecule has 4 rings (SSSR count). The number of ether oxygens (including phenoxy) is 1. The van der Waals surface area contributed by atoms with Gasteiger partial charge in [0.25, 0.3) is 5.91 Å². The first-order valence-corrected chi connectivity index (χ1v) is 12.0. The summed E-state index contributed by atoms with van der Waals surface area (Å²) in [7, 11) is 1.51. The first-order valence-electron chi connectivity index (χ1n) is 12.0. The summed E-state index contributed by atoms with van der Waals surface area (Å²) in [5, 5.41) is 3.50. The second kappa shape index (κ2) is 10.4. The zero-order chi connectivity index (χ0) is 25.9. The van der Waals surface area contributed by atoms with Crippen molar-refractivity contribution in [3.05, 3.63) is 65.2 Å². The van der Waals surface area contributed by atoms with Gasteiger partial charge in [0.05, 0.1) is 29.6 Å². The molecule has 2 heterocycles. The van der Waals surface area contributed by atoms with Gasteiger partial charge in [0.1, 0.15) is 5.76 Å². The fraction of sp³-hybridized carbons (Fsp3) is 0.357. The maximum atomic E-state index is 13.4. The maximum Gasteiger partial charge on any atom is 0.339 e. The molecular weight excluding hydrogens is 458 g/mol. The summed E-state index contributed by atoms with van der Waals surface area (Å²) in [5.74, 6) is -0.598. The van der Waals surface area contributed by atoms with Gasteiger partial charge in [-0.1, -0.05) is 18.2 Å². The minimum Gasteiger partial charge on any atom is -0.465 e. The predicted octanol–water partition coefficient (Wildman–Crippen LogP) is 4.23. The van der Waals surface area contributed by atoms with Crippen LogP contribution in [0.2, 0.25) is 0 Å². The first-order chi connectivity index (χ1) is 17.1. The number of aromatic nitrogens is 1. The zero-order valence-electron chi connectivity index (χ0n) is 21.1. The fourth-order valence-electron chi connectivity index (χ4n) is 4.32. The molecule has 8 heteroatoms. The number of para-hydroxylation sites is 1. The van der Waals surface area contributed by atoms with Crippen LogP contribution in [0.15, 0.2) is 47.1 Å². The van der Waals surface area contributed by atoms with E-state index in [-0.39, 0.29) is 12.5 Å². The Bertz CT molecular complexity index is 1320. The number of amides is 2. The van der Waals surface area contributed by atoms with Gasteiger partial charge in [-0.25, -0.2) is 9.78 Å². The Morgan fingerprint density at radius 2 is 1.92 bits per heavy atom. The number of carbonyl (C=O) groups is 3. The second-order valence-corrected chi connectivity index (χ2v) is 9.99. The molecule has 0 saturated heterocycles. The Balaban J connectivity index is 1.57. The van der Waals surface area contributed by atoms with Gasteiger partial charge < -0.3 is 19.4 Å². The van der Waals surface area contributed by atoms with E-state index < -0.39 is 24.0 Å². The van der Waals surface area contributed by atoms with Crippen molar-refractivity contribution in [2.45, 2.75) is 45.6 Å². The molecule has 1 aromatic carbocycles. The fourth-order valence-corrected chi connectivity index (χ4v) is 4.32. The molecular formula is C28H31N3O5. The molecule has 0 radical (unpaired) electrons. The highest BCUT2D eigenvalue weighted by Gasteiger charge is 2.27. The zero-order valence-corrected chi connectivity index (χ0v) is 21.1. The van der Waals surface area contributed by atoms with E-state index in [9.17, 15) is 14.4 Å². The molecule has 0 fully saturated rings. The summed E-state index contributed by atoms with van der Waals surface area (Å²) in [4.78, 5) is 44.2. The van der Waals surface area contributed by atoms with Gasteiger partial charge in [0, 0.05) is 18.0 Å². The van der Waals surface area contributed by atoms with Crippen LogP contribution in [0.25, 0.3) is 22.6 Å². The molecule has 188 valence electrons. The largest absolute Gasteiger partial charge is 0.465 e. The monoisotopic (exact) mass is 489 g/mol. The number of fused-ring (bicyclic) bond motifs is 2. The van der Waals surface area contributed by atoms with Crippen LogP contribution < -0.4 is 5.32 Å². The molecule has 1 N–H and O–H groups in total. The van der Waals surface area contributed by atoms with Gasteiger partial charge in [0.2, 0.25) is 5.91 Å². The molecule has 2 amide bonds. The SMILES string of the molecule is CN(CC(=O)NC(C)(C)C)C(=O)COC(=O)c1c2c(nc3ccccc13)/C(=C/c1ccco1)CCC2. The Morgan fingerprint density at radius 3 is 2.64 bits per heavy atom. The van der Waals surface area contributed by atoms with Crippen molar-refractivity contribution in [3.8, 4) is 0 Å². The summed E-state index contributed by atoms with van der Waals surface area (Å²) in [6, 6.07) is 11.1. The lowest BCUT2D eigenvalue weighted by molar-refractivity contribution is -0.137. The average molecular weight is 490 g/mol. The molecule has 1 aliphatic rings. The molecule has 0 atom stereocenters. The van der Waals surface area contributed by atoms with Crippen molar-refractivity contribution >= 4 is 40.3 Å². The van der Waals surface area contributed by atoms with Crippen LogP contribution >= 0.6 is 0 Å². The van der Waals surface area contributed by atoms with Gasteiger partial charge >= 0.3 is 5.97 Å². The number of furan rings is 1. The normalized spacial score (nSPS) is 14.4. The van der Waals surface area contributed by atoms with Crippen molar-refractivity contribution in [1.82, 2.24) is 15.2 Å². The lowest BCUT2D eigenvalue weighted by atomic mass is 9.86. The Hall–Kier alpha value is -3.94. The van der Waals surface area contributed by atoms with Gasteiger partial charge in [-0.05, 0) is 75.4 Å². The molecule has 0 aliphatic heterocycles. The Kier molecular flexibility index (Phi) is 7.24. The molecule has 0 spiro atoms. The van der Waals surface area contributed by atoms with Crippen molar-refractivity contribution in [3.63, 3.8) is 0 Å². The number of hydrogen-bond acceptors (Lipinski definition) is 6. The number of allylic oxidation sites excluding steroid dienone is 1. The topological polar surface area (TPSA) is 102 Å². The number of rotatable bonds is 6. The van der Waals surface area contributed by atoms with Crippen molar-refractivity contribution in [1.29, 1.82) is 0 Å². The summed E-state index contributed by atoms with van der Waals surface area (Å²) in [5.41, 5.74) is 3.27. The molecule has 2 aromatic heterocycles. The van der Waals surface area contributed by atoms with Crippen LogP contribution in [0, 0.1) is 0 Å². The van der Waals surface area contributed by atoms with Gasteiger partial charge in [-0.3, -0.25) is 9.59 Å². The quantitative estimate of drug-likeness (QED) is 0.520. The Morgan fingerprint density at radius 1 is 1.14 bits per heavy atom. The summed E-state index contributed by atoms with van der Waals surface area (Å²) < 4.78 is 11.0. The third-order valence-corrected chi connectivity index (χ3v) is 5.88. The van der Waals surface area contributed by atoms with Crippen LogP contribution in [0.5, 0.6) is 0 Å². The average Bonchev–Trinajstić information content (AvgIpc) is 3.33. The third-order valence-electron chi connectivity index (χ3n) is 5.88. The van der Waals surface area contributed by atoms with E-state index in [1.807, 2.05) is 63.2 Å². The van der Waals surface area contributed by atoms with Crippen LogP contribution in [-0.4, -0.2) is 53.4 Å². The standard InChI is InChI=1S/C28H31N3O5/c1-28(2,3)30-23(32)16-31(4)24(33)17-36-27(34)25-20-11-5-6-13-22(20)29-26-18(9-7-12-21(25)26)15-19-10-8-14-35-19/h5-6,8,10-11,13-15H,7,9,12,16-17H2,1-4H3,(H,30,32)/b18-15+. The van der Waals surface area contributed by atoms with Crippen molar-refractivity contribution in [2.24, 2.45) is 0 Å². The van der Waals surface area contributed by atoms with Crippen molar-refractivity contribution in [2.75, 3.05) is 20.2 Å². The van der Waals surface area contributed by atoms with Gasteiger partial charge in [0.15, 0.2) is 6.61 Å². The van der Waals surface area contributed by atoms with Gasteiger partial charge in [-0.15, -0.1) is 0 Å². The summed E-state index contributed by atoms with van der Waals surface area (Å²) >= 11 is 0. The second-order valence-electron chi connectivity index (χ2n) is 9.99. The molecule has 0 unspecified atom stereocenters. The van der Waals surface area contributed by atoms with E-state index in [4.69, 9.17) is 14.1 Å². The minimum atomic E-state index is -0.579. The highest BCUT2D eigenvalue weighted by atomic mass is 16.5. The number of pyridine rings is 1. The lowest BCUT2D eigenvalue weighted by Crippen LogP contribution is -2.46. The predicted molar refractivity (Wildman–Crippen MR) is 137 cm³/mol. The molecule has 0 bridgehead atoms. The number of nitrogens with one attached hydrogen (secondary N) is 1. The van der Waals surface area contributed by atoms with E-state index in [0.717, 1.165) is 35.4 Å². The van der Waals surface area contributed by atoms with E-state index in [1.165, 1.54) is 11.9 Å². The van der Waals surface area contributed by atoms with Crippen molar-refractivity contribution < 1.29 is 23.5 Å². The Labute approximate surface area is 210 Å². The first kappa shape index (κ1) is 25.2. The highest BCUT2D eigenvalue weighted by Crippen LogP contribution is 2.36. The number of esters is 1. The van der Waals surface area contributed by atoms with E-state index in [2.05, 4.69) is 5.32 Å². The molecule has 1 aliphatic carbocycles. The van der Waals surface area contributed by atoms with Crippen LogP contribution in [0.3, 0.4) is 0 Å². The van der Waals surface area contributed by atoms with Crippen LogP contribution in [0.1, 0.15) is 61.0 Å². The van der Waals surface area contributed by atoms with E-state index in [0.29, 0.717) is 22.9 Å². The van der Waals surface area contributed by atoms with E-state index >= 15 is 0 Å². The van der Waals surface area contributed by atoms with E-state index in [1.54, 1.807) is 6.26 Å². The third kappa shape index (κ3) is 5.82. The van der Waals surface area contributed by atoms with Crippen LogP contribution in [-0.2, 0) is 20.7 Å². The molecule has 0 saturated carbocycles. The number of carbonyl (C=O) groups excluding carboxylic acids is 3. The van der Waals surface area contributed by atoms with Gasteiger partial charge in [-0.2, -0.15) is 0 Å². The lowest BCUT2D eigenvalue weighted by Gasteiger charge is -2.24.